The highest BCUT2D eigenvalue weighted by Gasteiger charge is 2.23. The van der Waals surface area contributed by atoms with E-state index in [2.05, 4.69) is 27.1 Å². The van der Waals surface area contributed by atoms with E-state index in [0.29, 0.717) is 12.5 Å². The number of hydrogen-bond acceptors (Lipinski definition) is 3. The van der Waals surface area contributed by atoms with Crippen LogP contribution in [0.5, 0.6) is 0 Å². The molecule has 0 radical (unpaired) electrons. The molecule has 0 bridgehead atoms. The lowest BCUT2D eigenvalue weighted by Crippen LogP contribution is -2.45. The average Bonchev–Trinajstić information content (AvgIpc) is 3.06. The van der Waals surface area contributed by atoms with Crippen LogP contribution in [0.4, 0.5) is 5.69 Å². The van der Waals surface area contributed by atoms with Crippen LogP contribution in [0.25, 0.3) is 0 Å². The first kappa shape index (κ1) is 22.6. The Morgan fingerprint density at radius 3 is 2.73 bits per heavy atom. The van der Waals surface area contributed by atoms with E-state index >= 15 is 0 Å². The SMILES string of the molecule is C=CCNC(=NCC(=O)N(C)C)NC1CCN(c2ccc(Cl)cc2)C1.I. The van der Waals surface area contributed by atoms with Crippen molar-refractivity contribution in [1.29, 1.82) is 0 Å². The van der Waals surface area contributed by atoms with Crippen molar-refractivity contribution in [3.8, 4) is 0 Å². The third-order valence-electron chi connectivity index (χ3n) is 4.01. The maximum Gasteiger partial charge on any atom is 0.243 e. The van der Waals surface area contributed by atoms with E-state index in [-0.39, 0.29) is 42.5 Å². The molecule has 26 heavy (non-hydrogen) atoms. The Labute approximate surface area is 177 Å². The minimum atomic E-state index is -0.0334. The number of carbonyl (C=O) groups excluding carboxylic acids is 1. The molecule has 2 rings (SSSR count). The highest BCUT2D eigenvalue weighted by Crippen LogP contribution is 2.22. The van der Waals surface area contributed by atoms with Crippen molar-refractivity contribution >= 4 is 53.1 Å². The summed E-state index contributed by atoms with van der Waals surface area (Å²) in [5.74, 6) is 0.604. The van der Waals surface area contributed by atoms with Crippen LogP contribution >= 0.6 is 35.6 Å². The second kappa shape index (κ2) is 11.3. The van der Waals surface area contributed by atoms with Gasteiger partial charge in [-0.25, -0.2) is 4.99 Å². The maximum atomic E-state index is 11.7. The van der Waals surface area contributed by atoms with Crippen molar-refractivity contribution in [2.24, 2.45) is 4.99 Å². The van der Waals surface area contributed by atoms with Gasteiger partial charge in [0, 0.05) is 50.5 Å². The van der Waals surface area contributed by atoms with E-state index in [0.717, 1.165) is 30.2 Å². The lowest BCUT2D eigenvalue weighted by atomic mass is 10.2. The van der Waals surface area contributed by atoms with Crippen LogP contribution in [0, 0.1) is 0 Å². The number of amides is 1. The predicted octanol–water partition coefficient (Wildman–Crippen LogP) is 2.35. The molecule has 8 heteroatoms. The number of hydrogen-bond donors (Lipinski definition) is 2. The van der Waals surface area contributed by atoms with E-state index in [1.165, 1.54) is 4.90 Å². The second-order valence-corrected chi connectivity index (χ2v) is 6.61. The van der Waals surface area contributed by atoms with Gasteiger partial charge in [0.05, 0.1) is 0 Å². The molecule has 1 saturated heterocycles. The Hall–Kier alpha value is -1.48. The fourth-order valence-electron chi connectivity index (χ4n) is 2.57. The van der Waals surface area contributed by atoms with Gasteiger partial charge in [0.15, 0.2) is 5.96 Å². The number of likely N-dealkylation sites (N-methyl/N-ethyl adjacent to an activating group) is 1. The van der Waals surface area contributed by atoms with Crippen LogP contribution < -0.4 is 15.5 Å². The van der Waals surface area contributed by atoms with Crippen LogP contribution in [0.3, 0.4) is 0 Å². The third-order valence-corrected chi connectivity index (χ3v) is 4.26. The van der Waals surface area contributed by atoms with Gasteiger partial charge >= 0.3 is 0 Å². The molecule has 2 N–H and O–H groups in total. The summed E-state index contributed by atoms with van der Waals surface area (Å²) in [6.07, 6.45) is 2.76. The van der Waals surface area contributed by atoms with E-state index in [9.17, 15) is 4.79 Å². The van der Waals surface area contributed by atoms with Crippen molar-refractivity contribution in [1.82, 2.24) is 15.5 Å². The summed E-state index contributed by atoms with van der Waals surface area (Å²) in [5, 5.41) is 7.32. The summed E-state index contributed by atoms with van der Waals surface area (Å²) in [7, 11) is 3.45. The molecule has 0 saturated carbocycles. The molecule has 0 aliphatic carbocycles. The monoisotopic (exact) mass is 491 g/mol. The molecule has 1 aromatic carbocycles. The Kier molecular flexibility index (Phi) is 9.79. The smallest absolute Gasteiger partial charge is 0.243 e. The van der Waals surface area contributed by atoms with Crippen LogP contribution in [0.15, 0.2) is 41.9 Å². The van der Waals surface area contributed by atoms with Crippen molar-refractivity contribution in [2.45, 2.75) is 12.5 Å². The summed E-state index contributed by atoms with van der Waals surface area (Å²) in [6, 6.07) is 8.14. The number of guanidine groups is 1. The Bertz CT molecular complexity index is 621. The van der Waals surface area contributed by atoms with Gasteiger partial charge in [0.2, 0.25) is 5.91 Å². The van der Waals surface area contributed by atoms with Gasteiger partial charge in [-0.3, -0.25) is 4.79 Å². The van der Waals surface area contributed by atoms with Crippen LogP contribution in [0.1, 0.15) is 6.42 Å². The number of nitrogens with one attached hydrogen (secondary N) is 2. The number of rotatable bonds is 6. The highest BCUT2D eigenvalue weighted by molar-refractivity contribution is 14.0. The first-order valence-corrected chi connectivity index (χ1v) is 8.74. The van der Waals surface area contributed by atoms with Gasteiger partial charge in [-0.15, -0.1) is 30.6 Å². The molecule has 1 aliphatic rings. The van der Waals surface area contributed by atoms with Gasteiger partial charge in [0.25, 0.3) is 0 Å². The average molecular weight is 492 g/mol. The number of benzene rings is 1. The summed E-state index contributed by atoms with van der Waals surface area (Å²) in [4.78, 5) is 20.0. The Morgan fingerprint density at radius 2 is 2.12 bits per heavy atom. The first-order valence-electron chi connectivity index (χ1n) is 8.36. The second-order valence-electron chi connectivity index (χ2n) is 6.17. The molecule has 1 heterocycles. The van der Waals surface area contributed by atoms with Crippen molar-refractivity contribution in [3.63, 3.8) is 0 Å². The molecule has 1 amide bonds. The molecule has 1 unspecified atom stereocenters. The number of anilines is 1. The molecule has 1 fully saturated rings. The summed E-state index contributed by atoms with van der Waals surface area (Å²) in [5.41, 5.74) is 1.16. The molecular formula is C18H27ClIN5O. The zero-order valence-electron chi connectivity index (χ0n) is 15.2. The van der Waals surface area contributed by atoms with Crippen LogP contribution in [-0.2, 0) is 4.79 Å². The minimum Gasteiger partial charge on any atom is -0.369 e. The molecular weight excluding hydrogens is 465 g/mol. The third kappa shape index (κ3) is 7.03. The largest absolute Gasteiger partial charge is 0.369 e. The lowest BCUT2D eigenvalue weighted by molar-refractivity contribution is -0.127. The van der Waals surface area contributed by atoms with Crippen LogP contribution in [-0.4, -0.2) is 63.1 Å². The minimum absolute atomic E-state index is 0. The standard InChI is InChI=1S/C18H26ClN5O.HI/c1-4-10-20-18(21-12-17(25)23(2)3)22-15-9-11-24(13-15)16-7-5-14(19)6-8-16;/h4-8,15H,1,9-13H2,2-3H3,(H2,20,21,22);1H. The van der Waals surface area contributed by atoms with Gasteiger partial charge in [-0.2, -0.15) is 0 Å². The summed E-state index contributed by atoms with van der Waals surface area (Å²) in [6.45, 7) is 6.25. The molecule has 1 atom stereocenters. The van der Waals surface area contributed by atoms with Gasteiger partial charge in [0.1, 0.15) is 6.54 Å². The van der Waals surface area contributed by atoms with E-state index in [1.807, 2.05) is 24.3 Å². The fraction of sp³-hybridized carbons (Fsp3) is 0.444. The van der Waals surface area contributed by atoms with E-state index in [1.54, 1.807) is 20.2 Å². The van der Waals surface area contributed by atoms with Crippen molar-refractivity contribution in [3.05, 3.63) is 41.9 Å². The number of nitrogens with zero attached hydrogens (tertiary/aromatic N) is 3. The molecule has 0 spiro atoms. The number of aliphatic imine (C=N–C) groups is 1. The Morgan fingerprint density at radius 1 is 1.42 bits per heavy atom. The van der Waals surface area contributed by atoms with E-state index < -0.39 is 0 Å². The highest BCUT2D eigenvalue weighted by atomic mass is 127. The summed E-state index contributed by atoms with van der Waals surface area (Å²) >= 11 is 5.95. The van der Waals surface area contributed by atoms with Crippen LogP contribution in [0.2, 0.25) is 5.02 Å². The maximum absolute atomic E-state index is 11.7. The predicted molar refractivity (Wildman–Crippen MR) is 120 cm³/mol. The zero-order valence-corrected chi connectivity index (χ0v) is 18.3. The molecule has 144 valence electrons. The van der Waals surface area contributed by atoms with Gasteiger partial charge in [-0.05, 0) is 30.7 Å². The van der Waals surface area contributed by atoms with Crippen molar-refractivity contribution < 1.29 is 4.79 Å². The first-order chi connectivity index (χ1) is 12.0. The Balaban J connectivity index is 0.00000338. The molecule has 1 aromatic rings. The quantitative estimate of drug-likeness (QED) is 0.278. The summed E-state index contributed by atoms with van der Waals surface area (Å²) < 4.78 is 0. The molecule has 0 aromatic heterocycles. The lowest BCUT2D eigenvalue weighted by Gasteiger charge is -2.20. The molecule has 6 nitrogen and oxygen atoms in total. The van der Waals surface area contributed by atoms with Gasteiger partial charge < -0.3 is 20.4 Å². The number of halogens is 2. The fourth-order valence-corrected chi connectivity index (χ4v) is 2.69. The topological polar surface area (TPSA) is 60.0 Å². The van der Waals surface area contributed by atoms with E-state index in [4.69, 9.17) is 11.6 Å². The van der Waals surface area contributed by atoms with Gasteiger partial charge in [-0.1, -0.05) is 17.7 Å². The normalized spacial score (nSPS) is 16.7. The van der Waals surface area contributed by atoms with Crippen molar-refractivity contribution in [2.75, 3.05) is 45.2 Å². The molecule has 1 aliphatic heterocycles. The zero-order chi connectivity index (χ0) is 18.2. The number of carbonyl (C=O) groups is 1.